The zero-order valence-corrected chi connectivity index (χ0v) is 14.9. The number of nitrogens with zero attached hydrogens (tertiary/aromatic N) is 1. The summed E-state index contributed by atoms with van der Waals surface area (Å²) in [6, 6.07) is 12.9. The number of carbonyl (C=O) groups excluding carboxylic acids is 2. The van der Waals surface area contributed by atoms with E-state index >= 15 is 0 Å². The van der Waals surface area contributed by atoms with Crippen molar-refractivity contribution in [2.24, 2.45) is 0 Å². The molecule has 2 aromatic rings. The molecule has 1 aliphatic heterocycles. The van der Waals surface area contributed by atoms with E-state index < -0.39 is 17.7 Å². The van der Waals surface area contributed by atoms with Crippen LogP contribution in [0.2, 0.25) is 0 Å². The van der Waals surface area contributed by atoms with Gasteiger partial charge in [-0.15, -0.1) is 0 Å². The van der Waals surface area contributed by atoms with Crippen molar-refractivity contribution < 1.29 is 19.4 Å². The number of urea groups is 1. The van der Waals surface area contributed by atoms with Crippen LogP contribution in [-0.2, 0) is 10.5 Å². The van der Waals surface area contributed by atoms with Gasteiger partial charge in [-0.25, -0.2) is 4.79 Å². The highest BCUT2D eigenvalue weighted by Gasteiger charge is 2.52. The zero-order valence-electron chi connectivity index (χ0n) is 14.9. The predicted octanol–water partition coefficient (Wildman–Crippen LogP) is 2.56. The second-order valence-corrected chi connectivity index (χ2v) is 6.66. The number of rotatable bonds is 5. The van der Waals surface area contributed by atoms with Gasteiger partial charge in [0.05, 0.1) is 12.3 Å². The van der Waals surface area contributed by atoms with Crippen LogP contribution >= 0.6 is 0 Å². The Morgan fingerprint density at radius 1 is 1.26 bits per heavy atom. The smallest absolute Gasteiger partial charge is 0.329 e. The summed E-state index contributed by atoms with van der Waals surface area (Å²) < 4.78 is 5.43. The minimum Gasteiger partial charge on any atom is -0.494 e. The maximum Gasteiger partial charge on any atom is 0.329 e. The molecule has 27 heavy (non-hydrogen) atoms. The summed E-state index contributed by atoms with van der Waals surface area (Å²) in [7, 11) is 0. The van der Waals surface area contributed by atoms with Crippen LogP contribution in [0.4, 0.5) is 16.2 Å². The molecule has 1 saturated carbocycles. The summed E-state index contributed by atoms with van der Waals surface area (Å²) in [6.45, 7) is 2.40. The molecule has 7 heteroatoms. The molecule has 4 rings (SSSR count). The van der Waals surface area contributed by atoms with Crippen LogP contribution in [-0.4, -0.2) is 29.7 Å². The molecule has 0 bridgehead atoms. The normalized spacial score (nSPS) is 21.3. The largest absolute Gasteiger partial charge is 0.494 e. The molecular weight excluding hydrogens is 346 g/mol. The SMILES string of the molecule is CCOc1ccc(N2C(=O)Nc3ccccc3[C@]2(O)C(=O)NC2CC2)cc1. The summed E-state index contributed by atoms with van der Waals surface area (Å²) in [5, 5.41) is 17.1. The number of anilines is 2. The molecule has 2 aliphatic rings. The van der Waals surface area contributed by atoms with E-state index in [2.05, 4.69) is 10.6 Å². The van der Waals surface area contributed by atoms with Gasteiger partial charge >= 0.3 is 6.03 Å². The van der Waals surface area contributed by atoms with Crippen LogP contribution in [0.5, 0.6) is 5.75 Å². The zero-order chi connectivity index (χ0) is 19.0. The molecule has 0 radical (unpaired) electrons. The molecule has 140 valence electrons. The molecule has 1 fully saturated rings. The number of nitrogens with one attached hydrogen (secondary N) is 2. The molecule has 2 aromatic carbocycles. The Bertz CT molecular complexity index is 879. The fraction of sp³-hybridized carbons (Fsp3) is 0.300. The van der Waals surface area contributed by atoms with Gasteiger partial charge in [-0.05, 0) is 50.1 Å². The minimum atomic E-state index is -2.14. The predicted molar refractivity (Wildman–Crippen MR) is 101 cm³/mol. The van der Waals surface area contributed by atoms with Gasteiger partial charge in [0.2, 0.25) is 0 Å². The first kappa shape index (κ1) is 17.4. The van der Waals surface area contributed by atoms with Crippen molar-refractivity contribution in [1.29, 1.82) is 0 Å². The van der Waals surface area contributed by atoms with Gasteiger partial charge in [-0.2, -0.15) is 0 Å². The van der Waals surface area contributed by atoms with Gasteiger partial charge in [0.15, 0.2) is 0 Å². The van der Waals surface area contributed by atoms with Gasteiger partial charge in [0.25, 0.3) is 11.6 Å². The molecule has 1 atom stereocenters. The molecule has 0 saturated heterocycles. The average Bonchev–Trinajstić information content (AvgIpc) is 3.47. The highest BCUT2D eigenvalue weighted by molar-refractivity contribution is 6.11. The first-order valence-corrected chi connectivity index (χ1v) is 9.01. The van der Waals surface area contributed by atoms with E-state index in [1.807, 2.05) is 6.92 Å². The third-order valence-corrected chi connectivity index (χ3v) is 4.71. The van der Waals surface area contributed by atoms with E-state index in [0.29, 0.717) is 29.3 Å². The third-order valence-electron chi connectivity index (χ3n) is 4.71. The van der Waals surface area contributed by atoms with Crippen molar-refractivity contribution in [3.05, 3.63) is 54.1 Å². The van der Waals surface area contributed by atoms with E-state index in [-0.39, 0.29) is 6.04 Å². The van der Waals surface area contributed by atoms with Crippen molar-refractivity contribution in [1.82, 2.24) is 5.32 Å². The number of benzene rings is 2. The van der Waals surface area contributed by atoms with Crippen molar-refractivity contribution >= 4 is 23.3 Å². The summed E-state index contributed by atoms with van der Waals surface area (Å²) in [6.07, 6.45) is 1.75. The van der Waals surface area contributed by atoms with Gasteiger partial charge in [0.1, 0.15) is 5.75 Å². The fourth-order valence-electron chi connectivity index (χ4n) is 3.23. The lowest BCUT2D eigenvalue weighted by Gasteiger charge is -2.42. The van der Waals surface area contributed by atoms with Gasteiger partial charge in [-0.1, -0.05) is 18.2 Å². The first-order chi connectivity index (χ1) is 13.0. The molecule has 0 unspecified atom stereocenters. The summed E-state index contributed by atoms with van der Waals surface area (Å²) in [5.74, 6) is 0.0335. The monoisotopic (exact) mass is 367 g/mol. The number of hydrogen-bond donors (Lipinski definition) is 3. The molecule has 3 N–H and O–H groups in total. The Morgan fingerprint density at radius 2 is 1.96 bits per heavy atom. The number of ether oxygens (including phenoxy) is 1. The first-order valence-electron chi connectivity index (χ1n) is 9.01. The molecular formula is C20H21N3O4. The topological polar surface area (TPSA) is 90.9 Å². The standard InChI is InChI=1S/C20H21N3O4/c1-2-27-15-11-9-14(10-12-15)23-19(25)22-17-6-4-3-5-16(17)20(23,26)18(24)21-13-7-8-13/h3-6,9-13,26H,2,7-8H2,1H3,(H,21,24)(H,22,25)/t20-/m0/s1. The van der Waals surface area contributed by atoms with Crippen LogP contribution in [0.1, 0.15) is 25.3 Å². The molecule has 0 spiro atoms. The maximum absolute atomic E-state index is 13.0. The van der Waals surface area contributed by atoms with E-state index in [1.54, 1.807) is 48.5 Å². The van der Waals surface area contributed by atoms with Crippen LogP contribution in [0, 0.1) is 0 Å². The Hall–Kier alpha value is -3.06. The van der Waals surface area contributed by atoms with Crippen molar-refractivity contribution in [2.45, 2.75) is 31.5 Å². The minimum absolute atomic E-state index is 0.0425. The van der Waals surface area contributed by atoms with Crippen LogP contribution in [0.25, 0.3) is 0 Å². The molecule has 1 heterocycles. The molecule has 7 nitrogen and oxygen atoms in total. The van der Waals surface area contributed by atoms with Crippen LogP contribution in [0.15, 0.2) is 48.5 Å². The Kier molecular flexibility index (Phi) is 4.24. The number of carbonyl (C=O) groups is 2. The van der Waals surface area contributed by atoms with Gasteiger partial charge in [0, 0.05) is 17.3 Å². The molecule has 1 aliphatic carbocycles. The van der Waals surface area contributed by atoms with Crippen molar-refractivity contribution in [2.75, 3.05) is 16.8 Å². The van der Waals surface area contributed by atoms with E-state index in [9.17, 15) is 14.7 Å². The van der Waals surface area contributed by atoms with Crippen molar-refractivity contribution in [3.8, 4) is 5.75 Å². The number of aliphatic hydroxyl groups is 1. The summed E-state index contributed by atoms with van der Waals surface area (Å²) in [4.78, 5) is 26.9. The van der Waals surface area contributed by atoms with E-state index in [1.165, 1.54) is 0 Å². The van der Waals surface area contributed by atoms with E-state index in [4.69, 9.17) is 4.74 Å². The van der Waals surface area contributed by atoms with Gasteiger partial charge < -0.3 is 20.5 Å². The second kappa shape index (κ2) is 6.59. The Labute approximate surface area is 156 Å². The van der Waals surface area contributed by atoms with E-state index in [0.717, 1.165) is 17.7 Å². The lowest BCUT2D eigenvalue weighted by molar-refractivity contribution is -0.140. The van der Waals surface area contributed by atoms with Crippen molar-refractivity contribution in [3.63, 3.8) is 0 Å². The van der Waals surface area contributed by atoms with Crippen LogP contribution < -0.4 is 20.3 Å². The summed E-state index contributed by atoms with van der Waals surface area (Å²) in [5.41, 5.74) is -1.01. The lowest BCUT2D eigenvalue weighted by atomic mass is 9.94. The number of para-hydroxylation sites is 1. The number of hydrogen-bond acceptors (Lipinski definition) is 4. The third kappa shape index (κ3) is 3.00. The number of fused-ring (bicyclic) bond motifs is 1. The Balaban J connectivity index is 1.79. The molecule has 0 aromatic heterocycles. The summed E-state index contributed by atoms with van der Waals surface area (Å²) >= 11 is 0. The quantitative estimate of drug-likeness (QED) is 0.757. The fourth-order valence-corrected chi connectivity index (χ4v) is 3.23. The molecule has 3 amide bonds. The highest BCUT2D eigenvalue weighted by atomic mass is 16.5. The second-order valence-electron chi connectivity index (χ2n) is 6.66. The highest BCUT2D eigenvalue weighted by Crippen LogP contribution is 2.40. The van der Waals surface area contributed by atoms with Gasteiger partial charge in [-0.3, -0.25) is 9.69 Å². The Morgan fingerprint density at radius 3 is 2.63 bits per heavy atom. The number of amides is 3. The average molecular weight is 367 g/mol. The lowest BCUT2D eigenvalue weighted by Crippen LogP contribution is -2.62. The maximum atomic E-state index is 13.0. The van der Waals surface area contributed by atoms with Crippen LogP contribution in [0.3, 0.4) is 0 Å².